The molecule has 166 valence electrons. The minimum absolute atomic E-state index is 0.0483. The van der Waals surface area contributed by atoms with Crippen molar-refractivity contribution < 1.29 is 8.78 Å². The molecule has 3 aromatic rings. The van der Waals surface area contributed by atoms with Crippen molar-refractivity contribution in [3.63, 3.8) is 0 Å². The molecule has 0 atom stereocenters. The van der Waals surface area contributed by atoms with Crippen molar-refractivity contribution in [2.24, 2.45) is 4.99 Å². The van der Waals surface area contributed by atoms with Gasteiger partial charge in [-0.25, -0.2) is 4.98 Å². The van der Waals surface area contributed by atoms with Gasteiger partial charge < -0.3 is 5.32 Å². The number of anilines is 2. The average Bonchev–Trinajstić information content (AvgIpc) is 2.74. The van der Waals surface area contributed by atoms with Crippen molar-refractivity contribution in [3.8, 4) is 0 Å². The number of hydrogen-bond donors (Lipinski definition) is 1. The van der Waals surface area contributed by atoms with Crippen molar-refractivity contribution in [1.82, 2.24) is 4.98 Å². The van der Waals surface area contributed by atoms with Crippen molar-refractivity contribution in [3.05, 3.63) is 89.7 Å². The summed E-state index contributed by atoms with van der Waals surface area (Å²) in [5, 5.41) is 4.41. The quantitative estimate of drug-likeness (QED) is 0.323. The van der Waals surface area contributed by atoms with Crippen LogP contribution in [0.1, 0.15) is 37.5 Å². The zero-order chi connectivity index (χ0) is 23.5. The fourth-order valence-corrected chi connectivity index (χ4v) is 3.62. The summed E-state index contributed by atoms with van der Waals surface area (Å²) in [7, 11) is 1.53. The molecular weight excluding hydrogens is 404 g/mol. The Hall–Kier alpha value is -3.34. The van der Waals surface area contributed by atoms with Crippen LogP contribution in [-0.2, 0) is 11.3 Å². The molecule has 2 aromatic carbocycles. The Kier molecular flexibility index (Phi) is 6.58. The number of aliphatic imine (C=N–C) groups is 1. The zero-order valence-corrected chi connectivity index (χ0v) is 19.2. The van der Waals surface area contributed by atoms with E-state index >= 15 is 8.78 Å². The van der Waals surface area contributed by atoms with E-state index in [9.17, 15) is 0 Å². The van der Waals surface area contributed by atoms with Gasteiger partial charge in [-0.05, 0) is 47.1 Å². The summed E-state index contributed by atoms with van der Waals surface area (Å²) < 4.78 is 31.0. The van der Waals surface area contributed by atoms with Gasteiger partial charge in [-0.3, -0.25) is 4.99 Å². The molecule has 0 radical (unpaired) electrons. The molecule has 3 nitrogen and oxygen atoms in total. The first-order valence-electron chi connectivity index (χ1n) is 10.5. The smallest absolute Gasteiger partial charge is 0.300 e. The van der Waals surface area contributed by atoms with E-state index in [1.165, 1.54) is 31.1 Å². The Bertz CT molecular complexity index is 1180. The largest absolute Gasteiger partial charge is 0.340 e. The third kappa shape index (κ3) is 4.62. The number of alkyl halides is 2. The fraction of sp³-hybridized carbons (Fsp3) is 0.259. The Morgan fingerprint density at radius 2 is 1.78 bits per heavy atom. The van der Waals surface area contributed by atoms with Crippen molar-refractivity contribution >= 4 is 28.5 Å². The molecule has 3 rings (SSSR count). The molecule has 0 fully saturated rings. The number of fused-ring (bicyclic) bond motifs is 1. The Balaban J connectivity index is 2.11. The van der Waals surface area contributed by atoms with Gasteiger partial charge in [0.25, 0.3) is 0 Å². The number of nitrogens with one attached hydrogen (secondary N) is 1. The van der Waals surface area contributed by atoms with Gasteiger partial charge in [-0.2, -0.15) is 8.78 Å². The van der Waals surface area contributed by atoms with Gasteiger partial charge in [0.2, 0.25) is 0 Å². The molecule has 0 aliphatic carbocycles. The molecule has 32 heavy (non-hydrogen) atoms. The molecule has 1 heterocycles. The lowest BCUT2D eigenvalue weighted by Crippen LogP contribution is -2.18. The summed E-state index contributed by atoms with van der Waals surface area (Å²) >= 11 is 0. The van der Waals surface area contributed by atoms with Crippen LogP contribution in [0.2, 0.25) is 0 Å². The maximum Gasteiger partial charge on any atom is 0.300 e. The topological polar surface area (TPSA) is 37.3 Å². The lowest BCUT2D eigenvalue weighted by molar-refractivity contribution is 0.0435. The molecule has 0 spiro atoms. The Morgan fingerprint density at radius 3 is 2.38 bits per heavy atom. The van der Waals surface area contributed by atoms with E-state index in [0.29, 0.717) is 16.6 Å². The summed E-state index contributed by atoms with van der Waals surface area (Å²) in [6, 6.07) is 13.6. The van der Waals surface area contributed by atoms with Gasteiger partial charge in [0.15, 0.2) is 0 Å². The SMILES string of the molecule is C=C/C(=C\C=NC)C(F)(F)c1cnc(Nc2ccc(C(C)(C)C)cc2)c2cccc(C)c12. The van der Waals surface area contributed by atoms with E-state index in [0.717, 1.165) is 17.3 Å². The number of benzene rings is 2. The van der Waals surface area contributed by atoms with Gasteiger partial charge in [-0.1, -0.05) is 63.8 Å². The number of rotatable bonds is 6. The van der Waals surface area contributed by atoms with Gasteiger partial charge in [0.1, 0.15) is 5.82 Å². The molecule has 0 aliphatic rings. The Labute approximate surface area is 188 Å². The third-order valence-electron chi connectivity index (χ3n) is 5.46. The van der Waals surface area contributed by atoms with Gasteiger partial charge in [0, 0.05) is 36.1 Å². The first-order chi connectivity index (χ1) is 15.1. The van der Waals surface area contributed by atoms with Gasteiger partial charge in [0.05, 0.1) is 5.56 Å². The normalized spacial score (nSPS) is 13.0. The lowest BCUT2D eigenvalue weighted by atomic mass is 9.87. The molecule has 0 amide bonds. The number of nitrogens with zero attached hydrogens (tertiary/aromatic N) is 2. The second kappa shape index (κ2) is 9.03. The number of aryl methyl sites for hydroxylation is 1. The minimum Gasteiger partial charge on any atom is -0.340 e. The molecule has 0 bridgehead atoms. The van der Waals surface area contributed by atoms with Crippen LogP contribution in [-0.4, -0.2) is 18.2 Å². The number of allylic oxidation sites excluding steroid dienone is 3. The lowest BCUT2D eigenvalue weighted by Gasteiger charge is -2.22. The molecule has 0 saturated carbocycles. The highest BCUT2D eigenvalue weighted by Crippen LogP contribution is 2.42. The summed E-state index contributed by atoms with van der Waals surface area (Å²) in [6.45, 7) is 11.9. The minimum atomic E-state index is -3.27. The van der Waals surface area contributed by atoms with E-state index in [-0.39, 0.29) is 16.6 Å². The first-order valence-corrected chi connectivity index (χ1v) is 10.5. The summed E-state index contributed by atoms with van der Waals surface area (Å²) in [4.78, 5) is 8.18. The number of halogens is 2. The van der Waals surface area contributed by atoms with Crippen LogP contribution in [0.5, 0.6) is 0 Å². The fourth-order valence-electron chi connectivity index (χ4n) is 3.62. The maximum atomic E-state index is 15.5. The van der Waals surface area contributed by atoms with E-state index in [1.54, 1.807) is 0 Å². The van der Waals surface area contributed by atoms with Crippen molar-refractivity contribution in [2.75, 3.05) is 12.4 Å². The third-order valence-corrected chi connectivity index (χ3v) is 5.46. The van der Waals surface area contributed by atoms with Crippen LogP contribution in [0.3, 0.4) is 0 Å². The Morgan fingerprint density at radius 1 is 1.09 bits per heavy atom. The summed E-state index contributed by atoms with van der Waals surface area (Å²) in [5.41, 5.74) is 2.47. The van der Waals surface area contributed by atoms with Crippen LogP contribution in [0.15, 0.2) is 78.0 Å². The standard InChI is InChI=1S/C27H29F2N3/c1-7-19(15-16-30-6)27(28,29)23-17-31-25(22-10-8-9-18(2)24(22)23)32-21-13-11-20(12-14-21)26(3,4)5/h7-17H,1H2,2-6H3,(H,31,32)/b19-15+,30-16?. The maximum absolute atomic E-state index is 15.5. The molecule has 0 saturated heterocycles. The highest BCUT2D eigenvalue weighted by molar-refractivity contribution is 5.98. The monoisotopic (exact) mass is 433 g/mol. The summed E-state index contributed by atoms with van der Waals surface area (Å²) in [5.74, 6) is -2.74. The van der Waals surface area contributed by atoms with Gasteiger partial charge in [-0.15, -0.1) is 0 Å². The molecule has 5 heteroatoms. The van der Waals surface area contributed by atoms with E-state index in [4.69, 9.17) is 0 Å². The van der Waals surface area contributed by atoms with Crippen LogP contribution in [0.4, 0.5) is 20.3 Å². The molecule has 1 aromatic heterocycles. The van der Waals surface area contributed by atoms with Crippen LogP contribution < -0.4 is 5.32 Å². The second-order valence-electron chi connectivity index (χ2n) is 8.78. The highest BCUT2D eigenvalue weighted by Gasteiger charge is 2.37. The second-order valence-corrected chi connectivity index (χ2v) is 8.78. The first kappa shape index (κ1) is 23.3. The number of aromatic nitrogens is 1. The molecule has 0 aliphatic heterocycles. The van der Waals surface area contributed by atoms with Gasteiger partial charge >= 0.3 is 5.92 Å². The number of pyridine rings is 1. The van der Waals surface area contributed by atoms with Crippen LogP contribution >= 0.6 is 0 Å². The summed E-state index contributed by atoms with van der Waals surface area (Å²) in [6.07, 6.45) is 5.03. The van der Waals surface area contributed by atoms with Crippen LogP contribution in [0, 0.1) is 6.92 Å². The molecular formula is C27H29F2N3. The molecule has 0 unspecified atom stereocenters. The van der Waals surface area contributed by atoms with Crippen molar-refractivity contribution in [1.29, 1.82) is 0 Å². The zero-order valence-electron chi connectivity index (χ0n) is 19.2. The average molecular weight is 434 g/mol. The van der Waals surface area contributed by atoms with Crippen LogP contribution in [0.25, 0.3) is 10.8 Å². The molecule has 1 N–H and O–H groups in total. The van der Waals surface area contributed by atoms with E-state index in [1.807, 2.05) is 37.3 Å². The predicted molar refractivity (Wildman–Crippen MR) is 131 cm³/mol. The predicted octanol–water partition coefficient (Wildman–Crippen LogP) is 7.49. The van der Waals surface area contributed by atoms with E-state index < -0.39 is 5.92 Å². The highest BCUT2D eigenvalue weighted by atomic mass is 19.3. The van der Waals surface area contributed by atoms with E-state index in [2.05, 4.69) is 54.8 Å². The number of hydrogen-bond acceptors (Lipinski definition) is 3. The van der Waals surface area contributed by atoms with Crippen molar-refractivity contribution in [2.45, 2.75) is 39.0 Å².